The second-order valence-electron chi connectivity index (χ2n) is 3.44. The maximum absolute atomic E-state index is 5.92. The van der Waals surface area contributed by atoms with Crippen molar-refractivity contribution in [2.75, 3.05) is 7.05 Å². The minimum absolute atomic E-state index is 0.00282. The number of nitrogens with one attached hydrogen (secondary N) is 1. The molecular weight excluding hydrogens is 237 g/mol. The molecule has 1 nitrogen and oxygen atoms in total. The fourth-order valence-electron chi connectivity index (χ4n) is 0.886. The minimum Gasteiger partial charge on any atom is -0.306 e. The summed E-state index contributed by atoms with van der Waals surface area (Å²) in [6.45, 7) is 4.22. The zero-order chi connectivity index (χ0) is 10.8. The van der Waals surface area contributed by atoms with E-state index in [1.165, 1.54) is 0 Å². The summed E-state index contributed by atoms with van der Waals surface area (Å²) in [5, 5.41) is 4.41. The maximum atomic E-state index is 5.92. The Morgan fingerprint density at radius 2 is 1.86 bits per heavy atom. The van der Waals surface area contributed by atoms with E-state index in [1.807, 2.05) is 25.2 Å². The molecule has 1 N–H and O–H groups in total. The van der Waals surface area contributed by atoms with Gasteiger partial charge in [-0.05, 0) is 39.1 Å². The first kappa shape index (κ1) is 12.2. The van der Waals surface area contributed by atoms with Crippen LogP contribution < -0.4 is 5.32 Å². The summed E-state index contributed by atoms with van der Waals surface area (Å²) in [7, 11) is 1.94. The van der Waals surface area contributed by atoms with Crippen molar-refractivity contribution in [1.29, 1.82) is 0 Å². The van der Waals surface area contributed by atoms with Crippen molar-refractivity contribution in [1.82, 2.24) is 5.32 Å². The topological polar surface area (TPSA) is 12.0 Å². The predicted octanol–water partition coefficient (Wildman–Crippen LogP) is 4.04. The van der Waals surface area contributed by atoms with Crippen LogP contribution in [0.1, 0.15) is 13.8 Å². The first-order valence-electron chi connectivity index (χ1n) is 4.27. The monoisotopic (exact) mass is 249 g/mol. The fourth-order valence-corrected chi connectivity index (χ4v) is 2.25. The first-order chi connectivity index (χ1) is 6.44. The molecule has 0 aliphatic carbocycles. The Morgan fingerprint density at radius 3 is 2.36 bits per heavy atom. The van der Waals surface area contributed by atoms with Crippen molar-refractivity contribution in [3.63, 3.8) is 0 Å². The molecule has 0 spiro atoms. The largest absolute Gasteiger partial charge is 0.306 e. The highest BCUT2D eigenvalue weighted by Crippen LogP contribution is 2.33. The summed E-state index contributed by atoms with van der Waals surface area (Å²) in [6, 6.07) is 5.67. The fraction of sp³-hybridized carbons (Fsp3) is 0.400. The molecule has 0 radical (unpaired) electrons. The van der Waals surface area contributed by atoms with Gasteiger partial charge in [-0.15, -0.1) is 11.8 Å². The van der Waals surface area contributed by atoms with Gasteiger partial charge in [0.25, 0.3) is 0 Å². The summed E-state index contributed by atoms with van der Waals surface area (Å²) in [5.41, 5.74) is 0. The van der Waals surface area contributed by atoms with E-state index < -0.39 is 0 Å². The summed E-state index contributed by atoms with van der Waals surface area (Å²) in [5.74, 6) is 0. The van der Waals surface area contributed by atoms with Gasteiger partial charge in [0.1, 0.15) is 0 Å². The molecule has 0 bridgehead atoms. The minimum atomic E-state index is -0.00282. The molecule has 0 amide bonds. The second-order valence-corrected chi connectivity index (χ2v) is 5.95. The van der Waals surface area contributed by atoms with Gasteiger partial charge in [0, 0.05) is 4.90 Å². The lowest BCUT2D eigenvalue weighted by molar-refractivity contribution is 0.609. The van der Waals surface area contributed by atoms with Gasteiger partial charge < -0.3 is 5.32 Å². The number of rotatable bonds is 3. The third-order valence-electron chi connectivity index (χ3n) is 1.87. The van der Waals surface area contributed by atoms with Gasteiger partial charge >= 0.3 is 0 Å². The summed E-state index contributed by atoms with van der Waals surface area (Å²) < 4.78 is 0. The van der Waals surface area contributed by atoms with E-state index in [0.717, 1.165) is 4.90 Å². The maximum Gasteiger partial charge on any atom is 0.0632 e. The number of halogens is 2. The van der Waals surface area contributed by atoms with Gasteiger partial charge in [0.05, 0.1) is 14.9 Å². The number of benzene rings is 1. The third-order valence-corrected chi connectivity index (χ3v) is 3.81. The molecule has 1 rings (SSSR count). The Hall–Kier alpha value is 0.110. The van der Waals surface area contributed by atoms with Crippen LogP contribution in [-0.4, -0.2) is 11.9 Å². The molecule has 14 heavy (non-hydrogen) atoms. The lowest BCUT2D eigenvalue weighted by Crippen LogP contribution is -2.31. The number of hydrogen-bond acceptors (Lipinski definition) is 2. The van der Waals surface area contributed by atoms with Crippen molar-refractivity contribution in [2.45, 2.75) is 23.6 Å². The quantitative estimate of drug-likeness (QED) is 0.641. The molecule has 78 valence electrons. The van der Waals surface area contributed by atoms with E-state index in [-0.39, 0.29) is 4.87 Å². The highest BCUT2D eigenvalue weighted by Gasteiger charge is 2.16. The molecule has 0 aliphatic heterocycles. The van der Waals surface area contributed by atoms with Crippen LogP contribution in [0.2, 0.25) is 10.0 Å². The molecule has 1 aromatic carbocycles. The summed E-state index contributed by atoms with van der Waals surface area (Å²) >= 11 is 13.5. The Labute approximate surface area is 99.2 Å². The van der Waals surface area contributed by atoms with E-state index in [2.05, 4.69) is 19.2 Å². The van der Waals surface area contributed by atoms with Crippen molar-refractivity contribution < 1.29 is 0 Å². The molecule has 4 heteroatoms. The lowest BCUT2D eigenvalue weighted by Gasteiger charge is -2.23. The molecule has 1 aromatic rings. The van der Waals surface area contributed by atoms with Gasteiger partial charge in [0.2, 0.25) is 0 Å². The van der Waals surface area contributed by atoms with E-state index in [4.69, 9.17) is 23.2 Å². The van der Waals surface area contributed by atoms with E-state index in [0.29, 0.717) is 10.0 Å². The van der Waals surface area contributed by atoms with Crippen LogP contribution >= 0.6 is 35.0 Å². The van der Waals surface area contributed by atoms with Crippen molar-refractivity contribution in [2.24, 2.45) is 0 Å². The molecule has 0 heterocycles. The standard InChI is InChI=1S/C10H13Cl2NS/c1-10(2,13-3)14-7-4-5-8(11)9(12)6-7/h4-6,13H,1-3H3. The second kappa shape index (κ2) is 4.75. The van der Waals surface area contributed by atoms with Crippen molar-refractivity contribution in [3.8, 4) is 0 Å². The van der Waals surface area contributed by atoms with Gasteiger partial charge in [0.15, 0.2) is 0 Å². The molecule has 0 aliphatic rings. The van der Waals surface area contributed by atoms with Crippen LogP contribution in [0.4, 0.5) is 0 Å². The van der Waals surface area contributed by atoms with Crippen LogP contribution in [0.3, 0.4) is 0 Å². The average Bonchev–Trinajstić information content (AvgIpc) is 2.11. The zero-order valence-electron chi connectivity index (χ0n) is 8.40. The Morgan fingerprint density at radius 1 is 1.21 bits per heavy atom. The van der Waals surface area contributed by atoms with Crippen LogP contribution in [0.15, 0.2) is 23.1 Å². The summed E-state index contributed by atoms with van der Waals surface area (Å²) in [4.78, 5) is 1.11. The molecule has 0 unspecified atom stereocenters. The van der Waals surface area contributed by atoms with Gasteiger partial charge in [-0.25, -0.2) is 0 Å². The van der Waals surface area contributed by atoms with Crippen LogP contribution in [0.5, 0.6) is 0 Å². The number of hydrogen-bond donors (Lipinski definition) is 1. The molecular formula is C10H13Cl2NS. The van der Waals surface area contributed by atoms with E-state index in [9.17, 15) is 0 Å². The van der Waals surface area contributed by atoms with Gasteiger partial charge in [-0.1, -0.05) is 23.2 Å². The SMILES string of the molecule is CNC(C)(C)Sc1ccc(Cl)c(Cl)c1. The normalized spacial score (nSPS) is 11.8. The zero-order valence-corrected chi connectivity index (χ0v) is 10.7. The Balaban J connectivity index is 2.83. The smallest absolute Gasteiger partial charge is 0.0632 e. The van der Waals surface area contributed by atoms with Gasteiger partial charge in [-0.3, -0.25) is 0 Å². The molecule has 0 fully saturated rings. The third kappa shape index (κ3) is 3.35. The van der Waals surface area contributed by atoms with Crippen LogP contribution in [0, 0.1) is 0 Å². The molecule has 0 saturated heterocycles. The number of thioether (sulfide) groups is 1. The molecule has 0 aromatic heterocycles. The lowest BCUT2D eigenvalue weighted by atomic mass is 10.4. The molecule has 0 atom stereocenters. The highest BCUT2D eigenvalue weighted by atomic mass is 35.5. The van der Waals surface area contributed by atoms with E-state index in [1.54, 1.807) is 11.8 Å². The average molecular weight is 250 g/mol. The van der Waals surface area contributed by atoms with Crippen LogP contribution in [-0.2, 0) is 0 Å². The predicted molar refractivity (Wildman–Crippen MR) is 65.5 cm³/mol. The van der Waals surface area contributed by atoms with Gasteiger partial charge in [-0.2, -0.15) is 0 Å². The summed E-state index contributed by atoms with van der Waals surface area (Å²) in [6.07, 6.45) is 0. The molecule has 0 saturated carbocycles. The Bertz CT molecular complexity index is 326. The first-order valence-corrected chi connectivity index (χ1v) is 5.85. The van der Waals surface area contributed by atoms with Crippen LogP contribution in [0.25, 0.3) is 0 Å². The van der Waals surface area contributed by atoms with Crippen molar-refractivity contribution in [3.05, 3.63) is 28.2 Å². The van der Waals surface area contributed by atoms with E-state index >= 15 is 0 Å². The van der Waals surface area contributed by atoms with Crippen molar-refractivity contribution >= 4 is 35.0 Å². The Kier molecular flexibility index (Phi) is 4.14. The highest BCUT2D eigenvalue weighted by molar-refractivity contribution is 8.00.